The molecular weight excluding hydrogens is 422 g/mol. The molecule has 3 aromatic rings. The van der Waals surface area contributed by atoms with Crippen molar-refractivity contribution in [2.45, 2.75) is 6.92 Å². The number of thiazole rings is 1. The van der Waals surface area contributed by atoms with Gasteiger partial charge in [-0.3, -0.25) is 5.43 Å². The van der Waals surface area contributed by atoms with E-state index in [4.69, 9.17) is 9.47 Å². The first kappa shape index (κ1) is 17.9. The van der Waals surface area contributed by atoms with Crippen LogP contribution in [0.15, 0.2) is 39.2 Å². The molecule has 5 nitrogen and oxygen atoms in total. The maximum Gasteiger partial charge on any atom is 0.204 e. The molecule has 0 atom stereocenters. The van der Waals surface area contributed by atoms with E-state index in [1.54, 1.807) is 43.1 Å². The number of methoxy groups -OCH3 is 2. The van der Waals surface area contributed by atoms with E-state index in [9.17, 15) is 0 Å². The summed E-state index contributed by atoms with van der Waals surface area (Å²) in [6.45, 7) is 2.06. The van der Waals surface area contributed by atoms with Crippen molar-refractivity contribution >= 4 is 49.9 Å². The molecule has 1 aromatic carbocycles. The quantitative estimate of drug-likeness (QED) is 0.413. The Labute approximate surface area is 162 Å². The van der Waals surface area contributed by atoms with Gasteiger partial charge in [0.05, 0.1) is 35.5 Å². The first-order chi connectivity index (χ1) is 12.1. The van der Waals surface area contributed by atoms with Crippen molar-refractivity contribution in [3.63, 3.8) is 0 Å². The number of aromatic nitrogens is 1. The smallest absolute Gasteiger partial charge is 0.204 e. The Kier molecular flexibility index (Phi) is 5.72. The number of hydrogen-bond acceptors (Lipinski definition) is 7. The molecule has 2 aromatic heterocycles. The summed E-state index contributed by atoms with van der Waals surface area (Å²) in [5.74, 6) is 1.30. The highest BCUT2D eigenvalue weighted by molar-refractivity contribution is 9.10. The number of halogens is 1. The Morgan fingerprint density at radius 1 is 1.28 bits per heavy atom. The van der Waals surface area contributed by atoms with Gasteiger partial charge in [0.2, 0.25) is 5.13 Å². The first-order valence-electron chi connectivity index (χ1n) is 7.34. The van der Waals surface area contributed by atoms with Gasteiger partial charge in [-0.1, -0.05) is 6.07 Å². The Hall–Kier alpha value is -1.90. The predicted octanol–water partition coefficient (Wildman–Crippen LogP) is 5.41. The summed E-state index contributed by atoms with van der Waals surface area (Å²) in [6, 6.07) is 7.87. The molecule has 8 heteroatoms. The van der Waals surface area contributed by atoms with E-state index in [2.05, 4.69) is 44.4 Å². The number of rotatable bonds is 6. The van der Waals surface area contributed by atoms with Gasteiger partial charge < -0.3 is 9.47 Å². The molecule has 3 rings (SSSR count). The summed E-state index contributed by atoms with van der Waals surface area (Å²) < 4.78 is 11.5. The fourth-order valence-corrected chi connectivity index (χ4v) is 4.50. The molecule has 0 bridgehead atoms. The molecule has 1 N–H and O–H groups in total. The number of anilines is 1. The second-order valence-corrected chi connectivity index (χ2v) is 8.01. The van der Waals surface area contributed by atoms with Crippen LogP contribution >= 0.6 is 38.6 Å². The molecule has 0 spiro atoms. The van der Waals surface area contributed by atoms with Gasteiger partial charge in [0, 0.05) is 4.88 Å². The van der Waals surface area contributed by atoms with Crippen LogP contribution in [0.1, 0.15) is 10.4 Å². The largest absolute Gasteiger partial charge is 0.493 e. The molecule has 25 heavy (non-hydrogen) atoms. The van der Waals surface area contributed by atoms with Crippen molar-refractivity contribution in [1.82, 2.24) is 4.98 Å². The van der Waals surface area contributed by atoms with Crippen molar-refractivity contribution in [1.29, 1.82) is 0 Å². The molecule has 0 fully saturated rings. The number of aryl methyl sites for hydroxylation is 1. The highest BCUT2D eigenvalue weighted by Gasteiger charge is 2.11. The lowest BCUT2D eigenvalue weighted by atomic mass is 10.2. The van der Waals surface area contributed by atoms with E-state index in [1.165, 1.54) is 0 Å². The lowest BCUT2D eigenvalue weighted by Crippen LogP contribution is -1.95. The number of hydrogen-bond donors (Lipinski definition) is 1. The second kappa shape index (κ2) is 7.99. The van der Waals surface area contributed by atoms with Crippen LogP contribution in [0.5, 0.6) is 11.5 Å². The molecule has 0 amide bonds. The van der Waals surface area contributed by atoms with E-state index in [0.29, 0.717) is 11.5 Å². The normalized spacial score (nSPS) is 11.0. The maximum atomic E-state index is 5.34. The summed E-state index contributed by atoms with van der Waals surface area (Å²) in [6.07, 6.45) is 1.72. The van der Waals surface area contributed by atoms with Crippen LogP contribution in [0.4, 0.5) is 5.13 Å². The number of nitrogens with zero attached hydrogens (tertiary/aromatic N) is 2. The molecule has 0 aliphatic heterocycles. The minimum absolute atomic E-state index is 0.642. The highest BCUT2D eigenvalue weighted by atomic mass is 79.9. The monoisotopic (exact) mass is 437 g/mol. The third kappa shape index (κ3) is 4.02. The van der Waals surface area contributed by atoms with E-state index in [0.717, 1.165) is 30.6 Å². The number of hydrazone groups is 1. The van der Waals surface area contributed by atoms with Gasteiger partial charge in [0.15, 0.2) is 11.5 Å². The van der Waals surface area contributed by atoms with E-state index < -0.39 is 0 Å². The van der Waals surface area contributed by atoms with Crippen LogP contribution < -0.4 is 14.9 Å². The zero-order chi connectivity index (χ0) is 17.8. The summed E-state index contributed by atoms with van der Waals surface area (Å²) >= 11 is 6.74. The fraction of sp³-hybridized carbons (Fsp3) is 0.176. The van der Waals surface area contributed by atoms with Gasteiger partial charge in [-0.2, -0.15) is 5.10 Å². The summed E-state index contributed by atoms with van der Waals surface area (Å²) in [5.41, 5.74) is 4.88. The molecule has 0 unspecified atom stereocenters. The molecule has 0 saturated carbocycles. The number of nitrogens with one attached hydrogen (secondary N) is 1. The highest BCUT2D eigenvalue weighted by Crippen LogP contribution is 2.36. The molecule has 0 radical (unpaired) electrons. The average Bonchev–Trinajstić information content (AvgIpc) is 3.23. The van der Waals surface area contributed by atoms with Gasteiger partial charge in [-0.15, -0.1) is 22.7 Å². The lowest BCUT2D eigenvalue weighted by molar-refractivity contribution is 0.353. The van der Waals surface area contributed by atoms with E-state index in [-0.39, 0.29) is 0 Å². The van der Waals surface area contributed by atoms with Gasteiger partial charge in [-0.05, 0) is 52.0 Å². The van der Waals surface area contributed by atoms with Crippen molar-refractivity contribution in [3.05, 3.63) is 44.6 Å². The number of thiophene rings is 1. The van der Waals surface area contributed by atoms with Crippen molar-refractivity contribution in [3.8, 4) is 22.1 Å². The van der Waals surface area contributed by atoms with Crippen molar-refractivity contribution in [2.24, 2.45) is 5.10 Å². The second-order valence-electron chi connectivity index (χ2n) is 5.01. The summed E-state index contributed by atoms with van der Waals surface area (Å²) in [5, 5.41) is 7.09. The lowest BCUT2D eigenvalue weighted by Gasteiger charge is -2.10. The molecular formula is C17H16BrN3O2S2. The van der Waals surface area contributed by atoms with Gasteiger partial charge >= 0.3 is 0 Å². The van der Waals surface area contributed by atoms with E-state index in [1.807, 2.05) is 23.6 Å². The van der Waals surface area contributed by atoms with Crippen LogP contribution in [-0.4, -0.2) is 25.4 Å². The molecule has 0 saturated heterocycles. The standard InChI is InChI=1S/C17H16BrN3O2S2/c1-10-15(14-5-4-6-24-14)20-17(25-10)21-19-9-11-7-12(18)16(23-3)13(8-11)22-2/h4-9H,1-3H3,(H,20,21)/b19-9-. The van der Waals surface area contributed by atoms with Crippen LogP contribution in [0.2, 0.25) is 0 Å². The SMILES string of the molecule is COc1cc(/C=N\Nc2nc(-c3cccs3)c(C)s2)cc(Br)c1OC. The van der Waals surface area contributed by atoms with Gasteiger partial charge in [0.25, 0.3) is 0 Å². The van der Waals surface area contributed by atoms with Gasteiger partial charge in [-0.25, -0.2) is 4.98 Å². The molecule has 0 aliphatic rings. The summed E-state index contributed by atoms with van der Waals surface area (Å²) in [7, 11) is 3.21. The van der Waals surface area contributed by atoms with Gasteiger partial charge in [0.1, 0.15) is 0 Å². The Morgan fingerprint density at radius 3 is 2.80 bits per heavy atom. The minimum atomic E-state index is 0.642. The Balaban J connectivity index is 1.76. The third-order valence-electron chi connectivity index (χ3n) is 3.38. The minimum Gasteiger partial charge on any atom is -0.493 e. The average molecular weight is 438 g/mol. The first-order valence-corrected chi connectivity index (χ1v) is 9.83. The zero-order valence-electron chi connectivity index (χ0n) is 13.9. The van der Waals surface area contributed by atoms with Crippen molar-refractivity contribution < 1.29 is 9.47 Å². The Morgan fingerprint density at radius 2 is 2.12 bits per heavy atom. The fourth-order valence-electron chi connectivity index (χ4n) is 2.26. The molecule has 2 heterocycles. The molecule has 130 valence electrons. The van der Waals surface area contributed by atoms with Crippen LogP contribution in [0, 0.1) is 6.92 Å². The zero-order valence-corrected chi connectivity index (χ0v) is 17.1. The Bertz CT molecular complexity index is 892. The number of benzene rings is 1. The predicted molar refractivity (Wildman–Crippen MR) is 109 cm³/mol. The maximum absolute atomic E-state index is 5.34. The summed E-state index contributed by atoms with van der Waals surface area (Å²) in [4.78, 5) is 6.94. The third-order valence-corrected chi connectivity index (χ3v) is 5.72. The van der Waals surface area contributed by atoms with Crippen molar-refractivity contribution in [2.75, 3.05) is 19.6 Å². The van der Waals surface area contributed by atoms with Crippen LogP contribution in [-0.2, 0) is 0 Å². The van der Waals surface area contributed by atoms with E-state index >= 15 is 0 Å². The molecule has 0 aliphatic carbocycles. The topological polar surface area (TPSA) is 55.7 Å². The van der Waals surface area contributed by atoms with Crippen LogP contribution in [0.3, 0.4) is 0 Å². The van der Waals surface area contributed by atoms with Crippen LogP contribution in [0.25, 0.3) is 10.6 Å². The number of ether oxygens (including phenoxy) is 2.